The van der Waals surface area contributed by atoms with Crippen LogP contribution in [0.25, 0.3) is 0 Å². The van der Waals surface area contributed by atoms with Crippen molar-refractivity contribution < 1.29 is 14.0 Å². The number of hydrogen-bond acceptors (Lipinski definition) is 3. The molecular formula is C24H24N2O3. The van der Waals surface area contributed by atoms with Gasteiger partial charge in [-0.1, -0.05) is 31.2 Å². The van der Waals surface area contributed by atoms with E-state index in [1.807, 2.05) is 30.3 Å². The highest BCUT2D eigenvalue weighted by atomic mass is 16.3. The largest absolute Gasteiger partial charge is 0.466 e. The van der Waals surface area contributed by atoms with Gasteiger partial charge in [0.05, 0.1) is 0 Å². The van der Waals surface area contributed by atoms with Crippen LogP contribution in [0.1, 0.15) is 47.6 Å². The second-order valence-corrected chi connectivity index (χ2v) is 7.57. The normalized spacial score (nSPS) is 17.6. The first kappa shape index (κ1) is 19.0. The Balaban J connectivity index is 1.30. The highest BCUT2D eigenvalue weighted by molar-refractivity contribution is 6.04. The van der Waals surface area contributed by atoms with E-state index >= 15 is 0 Å². The van der Waals surface area contributed by atoms with Crippen molar-refractivity contribution >= 4 is 23.2 Å². The van der Waals surface area contributed by atoms with Crippen LogP contribution in [0.15, 0.2) is 71.1 Å². The fraction of sp³-hybridized carbons (Fsp3) is 0.250. The number of hydrogen-bond donors (Lipinski definition) is 2. The highest BCUT2D eigenvalue weighted by Crippen LogP contribution is 2.47. The van der Waals surface area contributed by atoms with Gasteiger partial charge in [0.1, 0.15) is 11.5 Å². The van der Waals surface area contributed by atoms with Crippen molar-refractivity contribution in [2.24, 2.45) is 5.92 Å². The minimum absolute atomic E-state index is 0.0886. The summed E-state index contributed by atoms with van der Waals surface area (Å²) in [4.78, 5) is 24.6. The van der Waals surface area contributed by atoms with Gasteiger partial charge in [-0.05, 0) is 54.8 Å². The van der Waals surface area contributed by atoms with Crippen LogP contribution in [0, 0.1) is 5.92 Å². The quantitative estimate of drug-likeness (QED) is 0.582. The zero-order valence-corrected chi connectivity index (χ0v) is 16.4. The summed E-state index contributed by atoms with van der Waals surface area (Å²) in [6.45, 7) is 2.22. The lowest BCUT2D eigenvalue weighted by Crippen LogP contribution is -2.14. The Kier molecular flexibility index (Phi) is 5.47. The maximum absolute atomic E-state index is 12.3. The molecule has 1 aliphatic carbocycles. The molecule has 2 amide bonds. The van der Waals surface area contributed by atoms with Crippen molar-refractivity contribution in [2.45, 2.75) is 32.1 Å². The lowest BCUT2D eigenvalue weighted by molar-refractivity contribution is -0.116. The van der Waals surface area contributed by atoms with Gasteiger partial charge in [0.25, 0.3) is 5.91 Å². The summed E-state index contributed by atoms with van der Waals surface area (Å²) in [5, 5.41) is 5.73. The molecule has 2 N–H and O–H groups in total. The predicted molar refractivity (Wildman–Crippen MR) is 113 cm³/mol. The van der Waals surface area contributed by atoms with E-state index in [2.05, 4.69) is 17.6 Å². The monoisotopic (exact) mass is 388 g/mol. The maximum Gasteiger partial charge on any atom is 0.255 e. The van der Waals surface area contributed by atoms with Crippen LogP contribution in [-0.2, 0) is 11.2 Å². The summed E-state index contributed by atoms with van der Waals surface area (Å²) >= 11 is 0. The molecule has 0 bridgehead atoms. The Morgan fingerprint density at radius 1 is 0.966 bits per heavy atom. The number of rotatable bonds is 7. The fourth-order valence-corrected chi connectivity index (χ4v) is 3.37. The number of carbonyl (C=O) groups excluding carboxylic acids is 2. The van der Waals surface area contributed by atoms with Crippen molar-refractivity contribution in [1.29, 1.82) is 0 Å². The number of furan rings is 1. The molecule has 0 radical (unpaired) electrons. The van der Waals surface area contributed by atoms with Gasteiger partial charge < -0.3 is 15.1 Å². The summed E-state index contributed by atoms with van der Waals surface area (Å²) < 4.78 is 5.86. The van der Waals surface area contributed by atoms with Crippen molar-refractivity contribution in [3.63, 3.8) is 0 Å². The van der Waals surface area contributed by atoms with E-state index in [0.717, 1.165) is 11.5 Å². The average Bonchev–Trinajstić information content (AvgIpc) is 3.27. The minimum Gasteiger partial charge on any atom is -0.466 e. The zero-order chi connectivity index (χ0) is 20.2. The Morgan fingerprint density at radius 3 is 2.41 bits per heavy atom. The number of benzene rings is 2. The molecule has 2 aromatic carbocycles. The molecule has 0 spiro atoms. The smallest absolute Gasteiger partial charge is 0.255 e. The van der Waals surface area contributed by atoms with E-state index < -0.39 is 0 Å². The standard InChI is InChI=1S/C24H24N2O3/c1-16-14-21(16)22-12-10-20(29-22)11-13-23(27)25-18-8-5-9-19(15-18)26-24(28)17-6-3-2-4-7-17/h2-10,12,15-16,21H,11,13-14H2,1H3,(H,25,27)(H,26,28). The van der Waals surface area contributed by atoms with Gasteiger partial charge in [-0.3, -0.25) is 9.59 Å². The Labute approximate surface area is 170 Å². The van der Waals surface area contributed by atoms with E-state index in [9.17, 15) is 9.59 Å². The van der Waals surface area contributed by atoms with E-state index in [4.69, 9.17) is 4.42 Å². The third-order valence-electron chi connectivity index (χ3n) is 5.20. The number of anilines is 2. The maximum atomic E-state index is 12.3. The summed E-state index contributed by atoms with van der Waals surface area (Å²) in [5.74, 6) is 2.85. The lowest BCUT2D eigenvalue weighted by atomic mass is 10.2. The second kappa shape index (κ2) is 8.35. The van der Waals surface area contributed by atoms with Crippen LogP contribution < -0.4 is 10.6 Å². The van der Waals surface area contributed by atoms with Crippen LogP contribution >= 0.6 is 0 Å². The highest BCUT2D eigenvalue weighted by Gasteiger charge is 2.36. The second-order valence-electron chi connectivity index (χ2n) is 7.57. The van der Waals surface area contributed by atoms with Gasteiger partial charge in [0, 0.05) is 35.7 Å². The van der Waals surface area contributed by atoms with Gasteiger partial charge in [-0.15, -0.1) is 0 Å². The minimum atomic E-state index is -0.187. The molecule has 0 saturated heterocycles. The molecule has 5 nitrogen and oxygen atoms in total. The van der Waals surface area contributed by atoms with E-state index in [0.29, 0.717) is 41.6 Å². The molecule has 1 fully saturated rings. The molecule has 3 aromatic rings. The SMILES string of the molecule is CC1CC1c1ccc(CCC(=O)Nc2cccc(NC(=O)c3ccccc3)c2)o1. The Bertz CT molecular complexity index is 1010. The van der Waals surface area contributed by atoms with Crippen LogP contribution in [0.5, 0.6) is 0 Å². The Hall–Kier alpha value is -3.34. The number of aryl methyl sites for hydroxylation is 1. The van der Waals surface area contributed by atoms with Gasteiger partial charge in [0.2, 0.25) is 5.91 Å². The van der Waals surface area contributed by atoms with Crippen molar-refractivity contribution in [3.8, 4) is 0 Å². The van der Waals surface area contributed by atoms with Gasteiger partial charge >= 0.3 is 0 Å². The third kappa shape index (κ3) is 4.93. The molecule has 0 aliphatic heterocycles. The number of nitrogens with one attached hydrogen (secondary N) is 2. The molecule has 4 rings (SSSR count). The van der Waals surface area contributed by atoms with E-state index in [-0.39, 0.29) is 11.8 Å². The zero-order valence-electron chi connectivity index (χ0n) is 16.4. The van der Waals surface area contributed by atoms with Crippen molar-refractivity contribution in [1.82, 2.24) is 0 Å². The molecule has 29 heavy (non-hydrogen) atoms. The van der Waals surface area contributed by atoms with E-state index in [1.54, 1.807) is 36.4 Å². The van der Waals surface area contributed by atoms with Crippen LogP contribution in [0.3, 0.4) is 0 Å². The summed E-state index contributed by atoms with van der Waals surface area (Å²) in [6.07, 6.45) is 2.09. The first-order chi connectivity index (χ1) is 14.1. The van der Waals surface area contributed by atoms with E-state index in [1.165, 1.54) is 6.42 Å². The molecule has 2 atom stereocenters. The average molecular weight is 388 g/mol. The summed E-state index contributed by atoms with van der Waals surface area (Å²) in [6, 6.07) is 20.1. The van der Waals surface area contributed by atoms with Crippen LogP contribution in [0.4, 0.5) is 11.4 Å². The van der Waals surface area contributed by atoms with Crippen LogP contribution in [-0.4, -0.2) is 11.8 Å². The van der Waals surface area contributed by atoms with Gasteiger partial charge in [-0.25, -0.2) is 0 Å². The topological polar surface area (TPSA) is 71.3 Å². The predicted octanol–water partition coefficient (Wildman–Crippen LogP) is 5.23. The molecule has 148 valence electrons. The molecule has 1 heterocycles. The molecule has 1 aliphatic rings. The third-order valence-corrected chi connectivity index (χ3v) is 5.20. The van der Waals surface area contributed by atoms with Crippen molar-refractivity contribution in [3.05, 3.63) is 83.8 Å². The molecule has 2 unspecified atom stereocenters. The molecule has 1 saturated carbocycles. The fourth-order valence-electron chi connectivity index (χ4n) is 3.37. The Morgan fingerprint density at radius 2 is 1.69 bits per heavy atom. The summed E-state index contributed by atoms with van der Waals surface area (Å²) in [7, 11) is 0. The first-order valence-electron chi connectivity index (χ1n) is 9.93. The lowest BCUT2D eigenvalue weighted by Gasteiger charge is -2.09. The van der Waals surface area contributed by atoms with Crippen LogP contribution in [0.2, 0.25) is 0 Å². The summed E-state index contributed by atoms with van der Waals surface area (Å²) in [5.41, 5.74) is 1.86. The number of amides is 2. The first-order valence-corrected chi connectivity index (χ1v) is 9.93. The molecule has 1 aromatic heterocycles. The van der Waals surface area contributed by atoms with Gasteiger partial charge in [0.15, 0.2) is 0 Å². The van der Waals surface area contributed by atoms with Crippen molar-refractivity contribution in [2.75, 3.05) is 10.6 Å². The van der Waals surface area contributed by atoms with Gasteiger partial charge in [-0.2, -0.15) is 0 Å². The number of carbonyl (C=O) groups is 2. The molecule has 5 heteroatoms. The molecular weight excluding hydrogens is 364 g/mol.